The van der Waals surface area contributed by atoms with Crippen molar-refractivity contribution in [2.45, 2.75) is 18.6 Å². The summed E-state index contributed by atoms with van der Waals surface area (Å²) in [6.45, 7) is 1.80. The average molecular weight is 560 g/mol. The molecule has 1 saturated heterocycles. The second-order valence-electron chi connectivity index (χ2n) is 9.02. The van der Waals surface area contributed by atoms with Crippen LogP contribution in [0.1, 0.15) is 22.5 Å². The van der Waals surface area contributed by atoms with Gasteiger partial charge in [-0.25, -0.2) is 15.0 Å². The van der Waals surface area contributed by atoms with E-state index in [0.717, 1.165) is 17.8 Å². The van der Waals surface area contributed by atoms with E-state index in [1.54, 1.807) is 50.8 Å². The molecule has 1 atom stereocenters. The van der Waals surface area contributed by atoms with E-state index >= 15 is 0 Å². The Bertz CT molecular complexity index is 1450. The number of anilines is 1. The number of carbonyl (C=O) groups is 2. The second kappa shape index (κ2) is 11.1. The second-order valence-corrected chi connectivity index (χ2v) is 9.74. The van der Waals surface area contributed by atoms with E-state index in [-0.39, 0.29) is 30.8 Å². The molecule has 204 valence electrons. The third kappa shape index (κ3) is 5.92. The number of rotatable bonds is 7. The molecule has 4 aromatic rings. The first-order chi connectivity index (χ1) is 18.7. The van der Waals surface area contributed by atoms with Crippen LogP contribution in [-0.4, -0.2) is 85.1 Å². The van der Waals surface area contributed by atoms with Gasteiger partial charge in [0.15, 0.2) is 0 Å². The Morgan fingerprint density at radius 3 is 2.46 bits per heavy atom. The highest BCUT2D eigenvalue weighted by Gasteiger charge is 2.31. The molecule has 3 aromatic heterocycles. The average Bonchev–Trinajstić information content (AvgIpc) is 3.61. The van der Waals surface area contributed by atoms with E-state index in [0.29, 0.717) is 43.1 Å². The van der Waals surface area contributed by atoms with Crippen LogP contribution in [0, 0.1) is 0 Å². The minimum absolute atomic E-state index is 0.0645. The fourth-order valence-electron chi connectivity index (χ4n) is 4.49. The molecule has 10 nitrogen and oxygen atoms in total. The first-order valence-corrected chi connectivity index (χ1v) is 13.0. The van der Waals surface area contributed by atoms with Crippen molar-refractivity contribution in [1.82, 2.24) is 29.3 Å². The number of benzene rings is 1. The van der Waals surface area contributed by atoms with Crippen LogP contribution in [0.4, 0.5) is 18.9 Å². The van der Waals surface area contributed by atoms with Crippen molar-refractivity contribution in [1.29, 1.82) is 0 Å². The first kappa shape index (κ1) is 26.7. The zero-order valence-corrected chi connectivity index (χ0v) is 21.3. The van der Waals surface area contributed by atoms with Crippen LogP contribution in [0.3, 0.4) is 0 Å². The molecule has 1 aromatic carbocycles. The number of nitrogens with zero attached hydrogens (tertiary/aromatic N) is 6. The monoisotopic (exact) mass is 559 g/mol. The molecule has 0 aliphatic carbocycles. The molecular weight excluding hydrogens is 535 g/mol. The maximum absolute atomic E-state index is 12.8. The lowest BCUT2D eigenvalue weighted by atomic mass is 10.1. The van der Waals surface area contributed by atoms with E-state index in [4.69, 9.17) is 0 Å². The maximum atomic E-state index is 12.8. The number of aliphatic hydroxyl groups is 1. The van der Waals surface area contributed by atoms with Gasteiger partial charge in [-0.15, -0.1) is 11.3 Å². The summed E-state index contributed by atoms with van der Waals surface area (Å²) in [4.78, 5) is 40.7. The van der Waals surface area contributed by atoms with Crippen molar-refractivity contribution in [2.24, 2.45) is 0 Å². The van der Waals surface area contributed by atoms with Crippen LogP contribution in [0.5, 0.6) is 0 Å². The lowest BCUT2D eigenvalue weighted by Gasteiger charge is -2.38. The lowest BCUT2D eigenvalue weighted by molar-refractivity contribution is -0.138. The third-order valence-electron chi connectivity index (χ3n) is 6.56. The summed E-state index contributed by atoms with van der Waals surface area (Å²) >= 11 is 1.36. The zero-order chi connectivity index (χ0) is 27.6. The number of aliphatic hydroxyl groups excluding tert-OH is 1. The van der Waals surface area contributed by atoms with E-state index in [1.807, 2.05) is 4.90 Å². The lowest BCUT2D eigenvalue weighted by Crippen LogP contribution is -2.53. The topological polar surface area (TPSA) is 116 Å². The molecule has 1 fully saturated rings. The summed E-state index contributed by atoms with van der Waals surface area (Å²) in [5.74, 6) is -0.308. The minimum Gasteiger partial charge on any atom is -0.395 e. The Morgan fingerprint density at radius 2 is 1.82 bits per heavy atom. The van der Waals surface area contributed by atoms with Gasteiger partial charge in [0.05, 0.1) is 23.2 Å². The van der Waals surface area contributed by atoms with Gasteiger partial charge < -0.3 is 15.3 Å². The van der Waals surface area contributed by atoms with E-state index in [1.165, 1.54) is 11.3 Å². The summed E-state index contributed by atoms with van der Waals surface area (Å²) in [5, 5.41) is 15.2. The molecule has 14 heteroatoms. The molecule has 2 N–H and O–H groups in total. The SMILES string of the molecule is O=C(C[C@H](CO)N1CCN(C(=O)c2cscn2)CC1)Nc1ccc2c(ccn2-c2ncc(C(F)(F)F)cn2)c1. The Labute approximate surface area is 224 Å². The number of carbonyl (C=O) groups excluding carboxylic acids is 2. The Kier molecular flexibility index (Phi) is 7.59. The number of alkyl halides is 3. The van der Waals surface area contributed by atoms with Crippen LogP contribution in [0.15, 0.2) is 53.7 Å². The van der Waals surface area contributed by atoms with Gasteiger partial charge in [-0.05, 0) is 24.3 Å². The molecule has 0 bridgehead atoms. The van der Waals surface area contributed by atoms with Gasteiger partial charge in [0.1, 0.15) is 5.69 Å². The van der Waals surface area contributed by atoms with Gasteiger partial charge in [0.25, 0.3) is 5.91 Å². The predicted molar refractivity (Wildman–Crippen MR) is 138 cm³/mol. The number of piperazine rings is 1. The van der Waals surface area contributed by atoms with Gasteiger partial charge in [0.2, 0.25) is 11.9 Å². The number of nitrogens with one attached hydrogen (secondary N) is 1. The van der Waals surface area contributed by atoms with Gasteiger partial charge in [-0.1, -0.05) is 0 Å². The van der Waals surface area contributed by atoms with Gasteiger partial charge in [-0.2, -0.15) is 13.2 Å². The largest absolute Gasteiger partial charge is 0.419 e. The quantitative estimate of drug-likeness (QED) is 0.358. The van der Waals surface area contributed by atoms with E-state index < -0.39 is 17.8 Å². The van der Waals surface area contributed by atoms with Crippen molar-refractivity contribution in [3.8, 4) is 5.95 Å². The fourth-order valence-corrected chi connectivity index (χ4v) is 5.02. The Morgan fingerprint density at radius 1 is 1.08 bits per heavy atom. The summed E-state index contributed by atoms with van der Waals surface area (Å²) < 4.78 is 40.0. The number of fused-ring (bicyclic) bond motifs is 1. The highest BCUT2D eigenvalue weighted by molar-refractivity contribution is 7.07. The molecule has 0 saturated carbocycles. The van der Waals surface area contributed by atoms with Crippen LogP contribution in [0.25, 0.3) is 16.9 Å². The molecule has 0 radical (unpaired) electrons. The highest BCUT2D eigenvalue weighted by atomic mass is 32.1. The first-order valence-electron chi connectivity index (χ1n) is 12.1. The number of hydrogen-bond acceptors (Lipinski definition) is 8. The Balaban J connectivity index is 1.19. The van der Waals surface area contributed by atoms with Crippen molar-refractivity contribution in [2.75, 3.05) is 38.1 Å². The zero-order valence-electron chi connectivity index (χ0n) is 20.5. The molecule has 1 aliphatic rings. The molecule has 2 amide bonds. The molecule has 39 heavy (non-hydrogen) atoms. The number of thiazole rings is 1. The standard InChI is InChI=1S/C25H24F3N7O3S/c26-25(27,28)17-11-29-24(30-12-17)35-4-3-16-9-18(1-2-21(16)35)32-22(37)10-19(13-36)33-5-7-34(8-6-33)23(38)20-14-39-15-31-20/h1-4,9,11-12,14-15,19,36H,5-8,10,13H2,(H,32,37)/t19-/m1/s1. The number of aromatic nitrogens is 4. The molecular formula is C25H24F3N7O3S. The summed E-state index contributed by atoms with van der Waals surface area (Å²) in [6.07, 6.45) is -1.35. The molecule has 5 rings (SSSR count). The van der Waals surface area contributed by atoms with Gasteiger partial charge in [-0.3, -0.25) is 19.1 Å². The molecule has 0 unspecified atom stereocenters. The van der Waals surface area contributed by atoms with Crippen molar-refractivity contribution >= 4 is 39.7 Å². The summed E-state index contributed by atoms with van der Waals surface area (Å²) in [5.41, 5.74) is 2.30. The smallest absolute Gasteiger partial charge is 0.395 e. The predicted octanol–water partition coefficient (Wildman–Crippen LogP) is 3.04. The number of halogens is 3. The van der Waals surface area contributed by atoms with Crippen LogP contribution >= 0.6 is 11.3 Å². The summed E-state index contributed by atoms with van der Waals surface area (Å²) in [6, 6.07) is 6.48. The van der Waals surface area contributed by atoms with E-state index in [2.05, 4.69) is 20.3 Å². The Hall–Kier alpha value is -3.88. The summed E-state index contributed by atoms with van der Waals surface area (Å²) in [7, 11) is 0. The van der Waals surface area contributed by atoms with Crippen molar-refractivity contribution in [3.63, 3.8) is 0 Å². The highest BCUT2D eigenvalue weighted by Crippen LogP contribution is 2.29. The van der Waals surface area contributed by atoms with Crippen LogP contribution in [-0.2, 0) is 11.0 Å². The normalized spacial score (nSPS) is 15.4. The number of amides is 2. The number of hydrogen-bond donors (Lipinski definition) is 2. The maximum Gasteiger partial charge on any atom is 0.419 e. The van der Waals surface area contributed by atoms with Crippen molar-refractivity contribution < 1.29 is 27.9 Å². The molecule has 1 aliphatic heterocycles. The fraction of sp³-hybridized carbons (Fsp3) is 0.320. The van der Waals surface area contributed by atoms with Gasteiger partial charge in [0, 0.05) is 73.7 Å². The van der Waals surface area contributed by atoms with E-state index in [9.17, 15) is 27.9 Å². The van der Waals surface area contributed by atoms with Crippen LogP contribution in [0.2, 0.25) is 0 Å². The van der Waals surface area contributed by atoms with Crippen molar-refractivity contribution in [3.05, 3.63) is 65.0 Å². The van der Waals surface area contributed by atoms with Crippen LogP contribution < -0.4 is 5.32 Å². The minimum atomic E-state index is -4.52. The molecule has 0 spiro atoms. The third-order valence-corrected chi connectivity index (χ3v) is 7.14. The molecule has 4 heterocycles. The van der Waals surface area contributed by atoms with Gasteiger partial charge >= 0.3 is 6.18 Å².